The molecular formula is C15H24O6. The summed E-state index contributed by atoms with van der Waals surface area (Å²) in [7, 11) is 0. The van der Waals surface area contributed by atoms with Crippen molar-refractivity contribution >= 4 is 17.9 Å². The van der Waals surface area contributed by atoms with Crippen molar-refractivity contribution in [3.63, 3.8) is 0 Å². The number of aliphatic carboxylic acids is 2. The van der Waals surface area contributed by atoms with Crippen molar-refractivity contribution in [1.82, 2.24) is 0 Å². The highest BCUT2D eigenvalue weighted by Crippen LogP contribution is 1.93. The van der Waals surface area contributed by atoms with Crippen LogP contribution in [0.2, 0.25) is 0 Å². The Balaban J connectivity index is -0.000000242. The lowest BCUT2D eigenvalue weighted by Gasteiger charge is -1.97. The molecule has 0 aromatic heterocycles. The molecule has 0 aliphatic heterocycles. The molecule has 0 aliphatic carbocycles. The second kappa shape index (κ2) is 17.6. The van der Waals surface area contributed by atoms with Crippen molar-refractivity contribution in [2.45, 2.75) is 33.1 Å². The second-order valence-corrected chi connectivity index (χ2v) is 3.53. The summed E-state index contributed by atoms with van der Waals surface area (Å²) in [5, 5.41) is 15.7. The Hall–Kier alpha value is -2.37. The van der Waals surface area contributed by atoms with Gasteiger partial charge >= 0.3 is 17.9 Å². The van der Waals surface area contributed by atoms with Gasteiger partial charge in [0.2, 0.25) is 0 Å². The molecule has 0 aliphatic rings. The van der Waals surface area contributed by atoms with E-state index < -0.39 is 11.9 Å². The van der Waals surface area contributed by atoms with E-state index in [-0.39, 0.29) is 11.5 Å². The molecule has 0 aromatic carbocycles. The molecule has 120 valence electrons. The van der Waals surface area contributed by atoms with Crippen LogP contribution in [0.1, 0.15) is 33.1 Å². The zero-order valence-electron chi connectivity index (χ0n) is 12.6. The fourth-order valence-corrected chi connectivity index (χ4v) is 0.527. The molecule has 0 spiro atoms. The number of carboxylic acid groups (broad SMARTS) is 2. The van der Waals surface area contributed by atoms with Gasteiger partial charge in [-0.25, -0.2) is 14.4 Å². The lowest BCUT2D eigenvalue weighted by atomic mass is 10.2. The first-order chi connectivity index (χ1) is 9.76. The number of ether oxygens (including phenoxy) is 1. The lowest BCUT2D eigenvalue weighted by molar-refractivity contribution is -0.138. The average molecular weight is 300 g/mol. The van der Waals surface area contributed by atoms with E-state index in [1.54, 1.807) is 6.92 Å². The van der Waals surface area contributed by atoms with Gasteiger partial charge in [-0.05, 0) is 12.8 Å². The van der Waals surface area contributed by atoms with Gasteiger partial charge in [-0.3, -0.25) is 0 Å². The van der Waals surface area contributed by atoms with Crippen molar-refractivity contribution in [2.24, 2.45) is 0 Å². The summed E-state index contributed by atoms with van der Waals surface area (Å²) in [4.78, 5) is 29.4. The molecule has 6 nitrogen and oxygen atoms in total. The van der Waals surface area contributed by atoms with Crippen molar-refractivity contribution in [2.75, 3.05) is 6.61 Å². The normalized spacial score (nSPS) is 7.90. The zero-order chi connectivity index (χ0) is 17.3. The molecule has 0 atom stereocenters. The molecule has 21 heavy (non-hydrogen) atoms. The molecule has 0 saturated heterocycles. The van der Waals surface area contributed by atoms with Crippen LogP contribution in [-0.2, 0) is 19.1 Å². The smallest absolute Gasteiger partial charge is 0.330 e. The Kier molecular flexibility index (Phi) is 19.9. The van der Waals surface area contributed by atoms with Gasteiger partial charge in [0.25, 0.3) is 0 Å². The molecule has 0 rings (SSSR count). The van der Waals surface area contributed by atoms with Gasteiger partial charge < -0.3 is 14.9 Å². The maximum Gasteiger partial charge on any atom is 0.330 e. The minimum Gasteiger partial charge on any atom is -0.478 e. The van der Waals surface area contributed by atoms with Crippen LogP contribution in [0.5, 0.6) is 0 Å². The number of carboxylic acids is 2. The Bertz CT molecular complexity index is 357. The van der Waals surface area contributed by atoms with Crippen LogP contribution < -0.4 is 0 Å². The van der Waals surface area contributed by atoms with Crippen molar-refractivity contribution in [1.29, 1.82) is 0 Å². The molecule has 0 amide bonds. The molecule has 0 bridgehead atoms. The van der Waals surface area contributed by atoms with Gasteiger partial charge in [0, 0.05) is 17.7 Å². The maximum atomic E-state index is 10.3. The fourth-order valence-electron chi connectivity index (χ4n) is 0.527. The van der Waals surface area contributed by atoms with Gasteiger partial charge in [0.1, 0.15) is 0 Å². The largest absolute Gasteiger partial charge is 0.478 e. The summed E-state index contributed by atoms with van der Waals surface area (Å²) in [5.41, 5.74) is 0.264. The second-order valence-electron chi connectivity index (χ2n) is 3.53. The number of carbonyl (C=O) groups excluding carboxylic acids is 1. The van der Waals surface area contributed by atoms with Crippen LogP contribution >= 0.6 is 0 Å². The summed E-state index contributed by atoms with van der Waals surface area (Å²) in [5.74, 6) is -2.21. The van der Waals surface area contributed by atoms with Gasteiger partial charge in [-0.15, -0.1) is 0 Å². The van der Waals surface area contributed by atoms with E-state index in [1.807, 2.05) is 6.92 Å². The third-order valence-electron chi connectivity index (χ3n) is 1.81. The quantitative estimate of drug-likeness (QED) is 0.426. The maximum absolute atomic E-state index is 10.3. The van der Waals surface area contributed by atoms with Gasteiger partial charge in [0.15, 0.2) is 0 Å². The third-order valence-corrected chi connectivity index (χ3v) is 1.81. The predicted molar refractivity (Wildman–Crippen MR) is 81.0 cm³/mol. The van der Waals surface area contributed by atoms with E-state index in [0.717, 1.165) is 18.9 Å². The Morgan fingerprint density at radius 3 is 1.76 bits per heavy atom. The summed E-state index contributed by atoms with van der Waals surface area (Å²) in [6.07, 6.45) is 4.51. The standard InChI is InChI=1S/C7H12O2.C5H8O2.C3H4O2/c1-3-5-6-9-7(8)4-2;1-3-4(2)5(6)7;1-2-3(4)5/h4H,2-3,5-6H2,1H3;2-3H2,1H3,(H,6,7);2H,1H2,(H,4,5). The number of esters is 1. The first kappa shape index (κ1) is 23.7. The third kappa shape index (κ3) is 27.0. The van der Waals surface area contributed by atoms with Crippen LogP contribution in [0, 0.1) is 0 Å². The Morgan fingerprint density at radius 1 is 1.10 bits per heavy atom. The molecule has 0 fully saturated rings. The van der Waals surface area contributed by atoms with Crippen molar-refractivity contribution in [3.05, 3.63) is 37.5 Å². The Labute approximate surface area is 125 Å². The highest BCUT2D eigenvalue weighted by Gasteiger charge is 1.96. The first-order valence-corrected chi connectivity index (χ1v) is 6.32. The van der Waals surface area contributed by atoms with Crippen molar-refractivity contribution < 1.29 is 29.3 Å². The van der Waals surface area contributed by atoms with Crippen LogP contribution in [-0.4, -0.2) is 34.7 Å². The van der Waals surface area contributed by atoms with Crippen molar-refractivity contribution in [3.8, 4) is 0 Å². The zero-order valence-corrected chi connectivity index (χ0v) is 12.6. The minimum absolute atomic E-state index is 0.264. The van der Waals surface area contributed by atoms with E-state index >= 15 is 0 Å². The van der Waals surface area contributed by atoms with Crippen LogP contribution in [0.4, 0.5) is 0 Å². The molecule has 0 unspecified atom stereocenters. The predicted octanol–water partition coefficient (Wildman–Crippen LogP) is 2.81. The molecule has 6 heteroatoms. The number of hydrogen-bond acceptors (Lipinski definition) is 4. The highest BCUT2D eigenvalue weighted by atomic mass is 16.5. The molecular weight excluding hydrogens is 276 g/mol. The Morgan fingerprint density at radius 2 is 1.57 bits per heavy atom. The highest BCUT2D eigenvalue weighted by molar-refractivity contribution is 5.85. The number of rotatable bonds is 7. The average Bonchev–Trinajstić information content (AvgIpc) is 2.47. The molecule has 0 heterocycles. The summed E-state index contributed by atoms with van der Waals surface area (Å²) >= 11 is 0. The summed E-state index contributed by atoms with van der Waals surface area (Å²) < 4.78 is 4.67. The van der Waals surface area contributed by atoms with E-state index in [1.165, 1.54) is 6.08 Å². The van der Waals surface area contributed by atoms with Crippen LogP contribution in [0.15, 0.2) is 37.5 Å². The van der Waals surface area contributed by atoms with E-state index in [9.17, 15) is 14.4 Å². The van der Waals surface area contributed by atoms with E-state index in [4.69, 9.17) is 10.2 Å². The topological polar surface area (TPSA) is 101 Å². The molecule has 2 N–H and O–H groups in total. The number of unbranched alkanes of at least 4 members (excludes halogenated alkanes) is 1. The van der Waals surface area contributed by atoms with Gasteiger partial charge in [-0.2, -0.15) is 0 Å². The van der Waals surface area contributed by atoms with Crippen LogP contribution in [0.3, 0.4) is 0 Å². The van der Waals surface area contributed by atoms with E-state index in [0.29, 0.717) is 13.0 Å². The molecule has 0 saturated carbocycles. The van der Waals surface area contributed by atoms with Crippen LogP contribution in [0.25, 0.3) is 0 Å². The summed E-state index contributed by atoms with van der Waals surface area (Å²) in [6, 6.07) is 0. The SMILES string of the molecule is C=C(CC)C(=O)O.C=CC(=O)O.C=CC(=O)OCCCC. The number of carbonyl (C=O) groups is 3. The van der Waals surface area contributed by atoms with E-state index in [2.05, 4.69) is 24.5 Å². The van der Waals surface area contributed by atoms with Gasteiger partial charge in [-0.1, -0.05) is 40.0 Å². The monoisotopic (exact) mass is 300 g/mol. The van der Waals surface area contributed by atoms with Gasteiger partial charge in [0.05, 0.1) is 6.61 Å². The first-order valence-electron chi connectivity index (χ1n) is 6.32. The lowest BCUT2D eigenvalue weighted by Crippen LogP contribution is -2.00. The molecule has 0 radical (unpaired) electrons. The number of hydrogen-bond donors (Lipinski definition) is 2. The molecule has 0 aromatic rings. The summed E-state index contributed by atoms with van der Waals surface area (Å²) in [6.45, 7) is 13.8. The minimum atomic E-state index is -0.981. The fraction of sp³-hybridized carbons (Fsp3) is 0.400.